The molecule has 1 aromatic carbocycles. The summed E-state index contributed by atoms with van der Waals surface area (Å²) in [7, 11) is 1.70. The molecule has 1 atom stereocenters. The molecule has 2 rings (SSSR count). The van der Waals surface area contributed by atoms with Crippen LogP contribution in [0.15, 0.2) is 24.3 Å². The molecule has 0 aromatic heterocycles. The normalized spacial score (nSPS) is 17.6. The van der Waals surface area contributed by atoms with Crippen LogP contribution in [0.5, 0.6) is 5.75 Å². The lowest BCUT2D eigenvalue weighted by molar-refractivity contribution is 0.0271. The highest BCUT2D eigenvalue weighted by atomic mass is 16.5. The van der Waals surface area contributed by atoms with Gasteiger partial charge in [-0.15, -0.1) is 0 Å². The summed E-state index contributed by atoms with van der Waals surface area (Å²) in [4.78, 5) is 0. The molecule has 0 saturated heterocycles. The number of methoxy groups -OCH3 is 1. The second kappa shape index (κ2) is 9.06. The Morgan fingerprint density at radius 3 is 2.52 bits per heavy atom. The van der Waals surface area contributed by atoms with Gasteiger partial charge < -0.3 is 14.8 Å². The van der Waals surface area contributed by atoms with Crippen molar-refractivity contribution >= 4 is 0 Å². The molecule has 1 aromatic rings. The number of ether oxygens (including phenoxy) is 2. The van der Waals surface area contributed by atoms with Gasteiger partial charge in [-0.1, -0.05) is 31.4 Å². The molecule has 3 nitrogen and oxygen atoms in total. The summed E-state index contributed by atoms with van der Waals surface area (Å²) >= 11 is 0. The minimum atomic E-state index is 0.366. The van der Waals surface area contributed by atoms with Crippen LogP contribution in [-0.2, 0) is 4.74 Å². The van der Waals surface area contributed by atoms with Gasteiger partial charge in [-0.05, 0) is 50.4 Å². The van der Waals surface area contributed by atoms with Gasteiger partial charge in [0.05, 0.1) is 13.2 Å². The van der Waals surface area contributed by atoms with Gasteiger partial charge in [-0.3, -0.25) is 0 Å². The Kier molecular flexibility index (Phi) is 7.04. The molecule has 1 aliphatic carbocycles. The van der Waals surface area contributed by atoms with Crippen molar-refractivity contribution < 1.29 is 9.47 Å². The lowest BCUT2D eigenvalue weighted by Gasteiger charge is -2.22. The van der Waals surface area contributed by atoms with E-state index in [4.69, 9.17) is 9.47 Å². The molecular formula is C18H29NO2. The number of hydrogen-bond acceptors (Lipinski definition) is 3. The van der Waals surface area contributed by atoms with Crippen LogP contribution in [0, 0.1) is 0 Å². The molecular weight excluding hydrogens is 262 g/mol. The molecule has 1 saturated carbocycles. The molecule has 0 amide bonds. The standard InChI is InChI=1S/C18H29NO2/c1-15(16-9-11-17(20-2)12-10-16)19-13-6-14-21-18-7-4-3-5-8-18/h9-12,15,18-19H,3-8,13-14H2,1-2H3. The van der Waals surface area contributed by atoms with E-state index in [0.29, 0.717) is 12.1 Å². The third kappa shape index (κ3) is 5.68. The number of benzene rings is 1. The largest absolute Gasteiger partial charge is 0.497 e. The Labute approximate surface area is 129 Å². The van der Waals surface area contributed by atoms with Crippen LogP contribution in [0.1, 0.15) is 57.1 Å². The fourth-order valence-electron chi connectivity index (χ4n) is 2.88. The minimum Gasteiger partial charge on any atom is -0.497 e. The van der Waals surface area contributed by atoms with Gasteiger partial charge in [-0.25, -0.2) is 0 Å². The molecule has 0 bridgehead atoms. The van der Waals surface area contributed by atoms with Crippen LogP contribution in [0.2, 0.25) is 0 Å². The highest BCUT2D eigenvalue weighted by Crippen LogP contribution is 2.20. The Hall–Kier alpha value is -1.06. The van der Waals surface area contributed by atoms with Crippen molar-refractivity contribution in [2.45, 2.75) is 57.6 Å². The summed E-state index contributed by atoms with van der Waals surface area (Å²) in [6.07, 6.45) is 8.20. The average molecular weight is 291 g/mol. The quantitative estimate of drug-likeness (QED) is 0.732. The highest BCUT2D eigenvalue weighted by molar-refractivity contribution is 5.28. The zero-order chi connectivity index (χ0) is 14.9. The zero-order valence-corrected chi connectivity index (χ0v) is 13.4. The lowest BCUT2D eigenvalue weighted by atomic mass is 9.98. The second-order valence-corrected chi connectivity index (χ2v) is 5.93. The third-order valence-electron chi connectivity index (χ3n) is 4.29. The maximum absolute atomic E-state index is 5.94. The Bertz CT molecular complexity index is 385. The van der Waals surface area contributed by atoms with E-state index in [1.165, 1.54) is 37.7 Å². The first-order valence-corrected chi connectivity index (χ1v) is 8.28. The molecule has 1 fully saturated rings. The van der Waals surface area contributed by atoms with E-state index in [1.54, 1.807) is 7.11 Å². The van der Waals surface area contributed by atoms with Crippen LogP contribution in [-0.4, -0.2) is 26.4 Å². The topological polar surface area (TPSA) is 30.5 Å². The first-order chi connectivity index (χ1) is 10.3. The summed E-state index contributed by atoms with van der Waals surface area (Å²) in [5.74, 6) is 0.909. The summed E-state index contributed by atoms with van der Waals surface area (Å²) in [5.41, 5.74) is 1.30. The molecule has 0 heterocycles. The summed E-state index contributed by atoms with van der Waals surface area (Å²) in [6, 6.07) is 8.63. The van der Waals surface area contributed by atoms with Crippen LogP contribution < -0.4 is 10.1 Å². The first-order valence-electron chi connectivity index (χ1n) is 8.28. The zero-order valence-electron chi connectivity index (χ0n) is 13.4. The summed E-state index contributed by atoms with van der Waals surface area (Å²) < 4.78 is 11.1. The molecule has 0 radical (unpaired) electrons. The van der Waals surface area contributed by atoms with E-state index in [-0.39, 0.29) is 0 Å². The maximum atomic E-state index is 5.94. The minimum absolute atomic E-state index is 0.366. The van der Waals surface area contributed by atoms with Crippen LogP contribution in [0.3, 0.4) is 0 Å². The molecule has 0 spiro atoms. The van der Waals surface area contributed by atoms with Gasteiger partial charge in [0.25, 0.3) is 0 Å². The lowest BCUT2D eigenvalue weighted by Crippen LogP contribution is -2.23. The smallest absolute Gasteiger partial charge is 0.118 e. The van der Waals surface area contributed by atoms with E-state index >= 15 is 0 Å². The van der Waals surface area contributed by atoms with Gasteiger partial charge in [0, 0.05) is 12.6 Å². The summed E-state index contributed by atoms with van der Waals surface area (Å²) in [6.45, 7) is 4.08. The molecule has 118 valence electrons. The molecule has 1 unspecified atom stereocenters. The average Bonchev–Trinajstić information content (AvgIpc) is 2.55. The fourth-order valence-corrected chi connectivity index (χ4v) is 2.88. The fraction of sp³-hybridized carbons (Fsp3) is 0.667. The van der Waals surface area contributed by atoms with Crippen molar-refractivity contribution in [1.29, 1.82) is 0 Å². The van der Waals surface area contributed by atoms with E-state index in [9.17, 15) is 0 Å². The van der Waals surface area contributed by atoms with Crippen molar-refractivity contribution in [3.63, 3.8) is 0 Å². The number of rotatable bonds is 8. The van der Waals surface area contributed by atoms with E-state index in [1.807, 2.05) is 12.1 Å². The first kappa shape index (κ1) is 16.3. The number of nitrogens with one attached hydrogen (secondary N) is 1. The molecule has 3 heteroatoms. The van der Waals surface area contributed by atoms with Crippen molar-refractivity contribution in [3.8, 4) is 5.75 Å². The molecule has 0 aliphatic heterocycles. The van der Waals surface area contributed by atoms with Gasteiger partial charge in [0.1, 0.15) is 5.75 Å². The Morgan fingerprint density at radius 1 is 1.14 bits per heavy atom. The van der Waals surface area contributed by atoms with Gasteiger partial charge in [-0.2, -0.15) is 0 Å². The molecule has 21 heavy (non-hydrogen) atoms. The van der Waals surface area contributed by atoms with Crippen LogP contribution >= 0.6 is 0 Å². The molecule has 1 aliphatic rings. The van der Waals surface area contributed by atoms with Crippen molar-refractivity contribution in [2.75, 3.05) is 20.3 Å². The van der Waals surface area contributed by atoms with Crippen molar-refractivity contribution in [1.82, 2.24) is 5.32 Å². The van der Waals surface area contributed by atoms with Crippen LogP contribution in [0.4, 0.5) is 0 Å². The van der Waals surface area contributed by atoms with Crippen molar-refractivity contribution in [2.24, 2.45) is 0 Å². The predicted octanol–water partition coefficient (Wildman–Crippen LogP) is 4.09. The SMILES string of the molecule is COc1ccc(C(C)NCCCOC2CCCCC2)cc1. The number of hydrogen-bond donors (Lipinski definition) is 1. The van der Waals surface area contributed by atoms with Crippen LogP contribution in [0.25, 0.3) is 0 Å². The van der Waals surface area contributed by atoms with Gasteiger partial charge >= 0.3 is 0 Å². The maximum Gasteiger partial charge on any atom is 0.118 e. The third-order valence-corrected chi connectivity index (χ3v) is 4.29. The van der Waals surface area contributed by atoms with Gasteiger partial charge in [0.15, 0.2) is 0 Å². The van der Waals surface area contributed by atoms with E-state index in [0.717, 1.165) is 25.3 Å². The summed E-state index contributed by atoms with van der Waals surface area (Å²) in [5, 5.41) is 3.55. The van der Waals surface area contributed by atoms with E-state index < -0.39 is 0 Å². The highest BCUT2D eigenvalue weighted by Gasteiger charge is 2.13. The predicted molar refractivity (Wildman–Crippen MR) is 86.9 cm³/mol. The monoisotopic (exact) mass is 291 g/mol. The Morgan fingerprint density at radius 2 is 1.86 bits per heavy atom. The Balaban J connectivity index is 1.58. The second-order valence-electron chi connectivity index (χ2n) is 5.93. The van der Waals surface area contributed by atoms with Crippen molar-refractivity contribution in [3.05, 3.63) is 29.8 Å². The van der Waals surface area contributed by atoms with Gasteiger partial charge in [0.2, 0.25) is 0 Å². The molecule has 1 N–H and O–H groups in total. The van der Waals surface area contributed by atoms with E-state index in [2.05, 4.69) is 24.4 Å².